The molecule has 66 valence electrons. The van der Waals surface area contributed by atoms with Gasteiger partial charge in [-0.05, 0) is 13.0 Å². The molecule has 0 spiro atoms. The van der Waals surface area contributed by atoms with Crippen molar-refractivity contribution in [3.8, 4) is 0 Å². The second kappa shape index (κ2) is 3.80. The van der Waals surface area contributed by atoms with Crippen LogP contribution in [0.25, 0.3) is 0 Å². The zero-order valence-electron chi connectivity index (χ0n) is 6.82. The molecule has 1 aromatic heterocycles. The van der Waals surface area contributed by atoms with Crippen molar-refractivity contribution < 1.29 is 5.11 Å². The summed E-state index contributed by atoms with van der Waals surface area (Å²) in [5, 5.41) is 9.21. The first-order valence-electron chi connectivity index (χ1n) is 3.74. The predicted octanol–water partition coefficient (Wildman–Crippen LogP) is 1.12. The van der Waals surface area contributed by atoms with E-state index in [9.17, 15) is 5.11 Å². The van der Waals surface area contributed by atoms with Crippen molar-refractivity contribution in [2.45, 2.75) is 19.1 Å². The predicted molar refractivity (Wildman–Crippen MR) is 50.2 cm³/mol. The van der Waals surface area contributed by atoms with E-state index in [0.29, 0.717) is 4.64 Å². The number of nitrogens with two attached hydrogens (primary N) is 1. The van der Waals surface area contributed by atoms with Crippen LogP contribution in [0.5, 0.6) is 0 Å². The van der Waals surface area contributed by atoms with Crippen LogP contribution in [0.4, 0.5) is 0 Å². The molecule has 0 aliphatic rings. The summed E-state index contributed by atoms with van der Waals surface area (Å²) in [5.41, 5.74) is 6.48. The van der Waals surface area contributed by atoms with Crippen LogP contribution in [0.2, 0.25) is 0 Å². The lowest BCUT2D eigenvalue weighted by Crippen LogP contribution is -2.23. The Labute approximate surface area is 76.2 Å². The summed E-state index contributed by atoms with van der Waals surface area (Å²) in [6.45, 7) is 1.65. The minimum atomic E-state index is -0.581. The van der Waals surface area contributed by atoms with Crippen LogP contribution in [0.3, 0.4) is 0 Å². The third-order valence-electron chi connectivity index (χ3n) is 1.73. The lowest BCUT2D eigenvalue weighted by molar-refractivity contribution is 0.164. The van der Waals surface area contributed by atoms with E-state index in [-0.39, 0.29) is 0 Å². The molecule has 1 heterocycles. The van der Waals surface area contributed by atoms with Crippen molar-refractivity contribution in [1.29, 1.82) is 0 Å². The highest BCUT2D eigenvalue weighted by atomic mass is 32.1. The monoisotopic (exact) mass is 184 g/mol. The summed E-state index contributed by atoms with van der Waals surface area (Å²) >= 11 is 5.00. The molecule has 3 nitrogen and oxygen atoms in total. The molecule has 0 unspecified atom stereocenters. The Morgan fingerprint density at radius 1 is 1.67 bits per heavy atom. The largest absolute Gasteiger partial charge is 0.391 e. The van der Waals surface area contributed by atoms with Crippen LogP contribution in [0.15, 0.2) is 18.3 Å². The topological polar surface area (TPSA) is 62.0 Å². The Bertz CT molecular complexity index is 308. The van der Waals surface area contributed by atoms with Crippen molar-refractivity contribution in [2.75, 3.05) is 0 Å². The molecule has 1 rings (SSSR count). The Hall–Kier alpha value is -0.710. The molecule has 0 bridgehead atoms. The van der Waals surface area contributed by atoms with E-state index in [1.807, 2.05) is 12.1 Å². The molecule has 0 fully saturated rings. The number of H-pyrrole nitrogens is 1. The van der Waals surface area contributed by atoms with E-state index in [4.69, 9.17) is 18.0 Å². The van der Waals surface area contributed by atoms with Crippen LogP contribution < -0.4 is 5.73 Å². The quantitative estimate of drug-likeness (QED) is 0.604. The summed E-state index contributed by atoms with van der Waals surface area (Å²) in [6, 6.07) is 3.22. The van der Waals surface area contributed by atoms with E-state index in [2.05, 4.69) is 4.98 Å². The Morgan fingerprint density at radius 3 is 2.83 bits per heavy atom. The molecule has 2 atom stereocenters. The highest BCUT2D eigenvalue weighted by molar-refractivity contribution is 7.71. The first kappa shape index (κ1) is 9.38. The number of hydrogen-bond acceptors (Lipinski definition) is 3. The number of pyridine rings is 1. The Balaban J connectivity index is 3.03. The van der Waals surface area contributed by atoms with Crippen LogP contribution in [-0.4, -0.2) is 16.2 Å². The van der Waals surface area contributed by atoms with Gasteiger partial charge in [0.1, 0.15) is 4.64 Å². The summed E-state index contributed by atoms with van der Waals surface area (Å²) in [4.78, 5) is 2.86. The zero-order valence-corrected chi connectivity index (χ0v) is 7.64. The number of aliphatic hydroxyl groups is 1. The maximum absolute atomic E-state index is 9.21. The van der Waals surface area contributed by atoms with Crippen molar-refractivity contribution >= 4 is 12.2 Å². The van der Waals surface area contributed by atoms with Gasteiger partial charge in [0.2, 0.25) is 0 Å². The minimum absolute atomic E-state index is 0.407. The van der Waals surface area contributed by atoms with Gasteiger partial charge in [0, 0.05) is 11.8 Å². The zero-order chi connectivity index (χ0) is 9.14. The number of nitrogens with one attached hydrogen (secondary N) is 1. The molecular weight excluding hydrogens is 172 g/mol. The van der Waals surface area contributed by atoms with Gasteiger partial charge in [-0.3, -0.25) is 0 Å². The van der Waals surface area contributed by atoms with Gasteiger partial charge < -0.3 is 15.8 Å². The van der Waals surface area contributed by atoms with Crippen molar-refractivity contribution in [3.05, 3.63) is 28.5 Å². The van der Waals surface area contributed by atoms with Crippen LogP contribution in [-0.2, 0) is 0 Å². The SMILES string of the molecule is C[C@H](O)[C@H](N)c1ccc[nH]c1=S. The molecule has 0 aliphatic carbocycles. The summed E-state index contributed by atoms with van der Waals surface area (Å²) < 4.78 is 0.589. The fourth-order valence-corrected chi connectivity index (χ4v) is 1.23. The van der Waals surface area contributed by atoms with Crippen LogP contribution in [0.1, 0.15) is 18.5 Å². The average Bonchev–Trinajstić information content (AvgIpc) is 2.04. The van der Waals surface area contributed by atoms with E-state index >= 15 is 0 Å². The van der Waals surface area contributed by atoms with Gasteiger partial charge in [-0.25, -0.2) is 0 Å². The van der Waals surface area contributed by atoms with Crippen molar-refractivity contribution in [3.63, 3.8) is 0 Å². The van der Waals surface area contributed by atoms with E-state index in [1.54, 1.807) is 13.1 Å². The first-order chi connectivity index (χ1) is 5.63. The standard InChI is InChI=1S/C8H12N2OS/c1-5(11)7(9)6-3-2-4-10-8(6)12/h2-5,7,11H,9H2,1H3,(H,10,12)/t5-,7-/m0/s1. The van der Waals surface area contributed by atoms with Crippen molar-refractivity contribution in [1.82, 2.24) is 4.98 Å². The van der Waals surface area contributed by atoms with Gasteiger partial charge in [0.05, 0.1) is 12.1 Å². The molecule has 0 radical (unpaired) electrons. The fraction of sp³-hybridized carbons (Fsp3) is 0.375. The molecule has 0 aromatic carbocycles. The summed E-state index contributed by atoms with van der Waals surface area (Å²) in [5.74, 6) is 0. The van der Waals surface area contributed by atoms with Crippen molar-refractivity contribution in [2.24, 2.45) is 5.73 Å². The lowest BCUT2D eigenvalue weighted by Gasteiger charge is -2.14. The highest BCUT2D eigenvalue weighted by Gasteiger charge is 2.12. The average molecular weight is 184 g/mol. The highest BCUT2D eigenvalue weighted by Crippen LogP contribution is 2.13. The van der Waals surface area contributed by atoms with Crippen LogP contribution >= 0.6 is 12.2 Å². The van der Waals surface area contributed by atoms with E-state index in [0.717, 1.165) is 5.56 Å². The third kappa shape index (κ3) is 1.91. The van der Waals surface area contributed by atoms with Gasteiger partial charge in [0.15, 0.2) is 0 Å². The first-order valence-corrected chi connectivity index (χ1v) is 4.15. The van der Waals surface area contributed by atoms with Gasteiger partial charge >= 0.3 is 0 Å². The molecule has 1 aromatic rings. The summed E-state index contributed by atoms with van der Waals surface area (Å²) in [6.07, 6.45) is 1.16. The number of rotatable bonds is 2. The second-order valence-electron chi connectivity index (χ2n) is 2.72. The normalized spacial score (nSPS) is 15.6. The second-order valence-corrected chi connectivity index (χ2v) is 3.13. The number of aromatic nitrogens is 1. The molecule has 0 saturated carbocycles. The number of hydrogen-bond donors (Lipinski definition) is 3. The lowest BCUT2D eigenvalue weighted by atomic mass is 10.1. The Morgan fingerprint density at radius 2 is 2.33 bits per heavy atom. The van der Waals surface area contributed by atoms with Gasteiger partial charge in [0.25, 0.3) is 0 Å². The van der Waals surface area contributed by atoms with E-state index in [1.165, 1.54) is 0 Å². The molecular formula is C8H12N2OS. The molecule has 4 heteroatoms. The van der Waals surface area contributed by atoms with Gasteiger partial charge in [-0.2, -0.15) is 0 Å². The molecule has 0 amide bonds. The molecule has 0 aliphatic heterocycles. The smallest absolute Gasteiger partial charge is 0.108 e. The Kier molecular flexibility index (Phi) is 2.97. The molecule has 12 heavy (non-hydrogen) atoms. The van der Waals surface area contributed by atoms with Crippen LogP contribution in [0, 0.1) is 4.64 Å². The molecule has 4 N–H and O–H groups in total. The van der Waals surface area contributed by atoms with Gasteiger partial charge in [-0.15, -0.1) is 0 Å². The number of aliphatic hydroxyl groups excluding tert-OH is 1. The third-order valence-corrected chi connectivity index (χ3v) is 2.08. The summed E-state index contributed by atoms with van der Waals surface area (Å²) in [7, 11) is 0. The molecule has 0 saturated heterocycles. The van der Waals surface area contributed by atoms with E-state index < -0.39 is 12.1 Å². The van der Waals surface area contributed by atoms with Gasteiger partial charge in [-0.1, -0.05) is 18.3 Å². The minimum Gasteiger partial charge on any atom is -0.391 e. The number of aromatic amines is 1. The maximum atomic E-state index is 9.21. The fourth-order valence-electron chi connectivity index (χ4n) is 0.957. The maximum Gasteiger partial charge on any atom is 0.108 e.